The number of carbonyl (C=O) groups is 4. The summed E-state index contributed by atoms with van der Waals surface area (Å²) in [5.74, 6) is -2.20. The number of hydrogen-bond acceptors (Lipinski definition) is 12. The fourth-order valence-corrected chi connectivity index (χ4v) is 5.44. The maximum atomic E-state index is 12.8. The number of ether oxygens (including phenoxy) is 8. The molecule has 2 saturated heterocycles. The van der Waals surface area contributed by atoms with E-state index in [1.165, 1.54) is 7.11 Å². The van der Waals surface area contributed by atoms with Crippen molar-refractivity contribution in [2.45, 2.75) is 94.0 Å². The van der Waals surface area contributed by atoms with Crippen LogP contribution in [0.15, 0.2) is 24.3 Å². The number of methoxy groups -OCH3 is 1. The lowest BCUT2D eigenvalue weighted by Crippen LogP contribution is -2.67. The molecule has 17 heteroatoms. The minimum absolute atomic E-state index is 0.0745. The third-order valence-corrected chi connectivity index (χ3v) is 7.95. The Morgan fingerprint density at radius 3 is 2.00 bits per heavy atom. The highest BCUT2D eigenvalue weighted by Crippen LogP contribution is 2.37. The minimum atomic E-state index is -1.85. The molecule has 46 heavy (non-hydrogen) atoms. The number of halogens is 3. The average Bonchev–Trinajstić information content (AvgIpc) is 2.97. The molecule has 258 valence electrons. The SMILES string of the molecule is CCC1O[C@@H](OC2[C@H](Oc3ccc(OC)cc3)OC(C(N)=O)[C@H](OC(C)=O)[C@@H]2OC(C)=O)C(NC(=O)OCC(Cl)(Cl)Cl)[C@@H](C)[C@@H]1C. The first kappa shape index (κ1) is 37.7. The number of carbonyl (C=O) groups excluding carboxylic acids is 4. The Hall–Kier alpha value is -2.75. The Balaban J connectivity index is 2.06. The average molecular weight is 714 g/mol. The van der Waals surface area contributed by atoms with Gasteiger partial charge in [-0.25, -0.2) is 4.79 Å². The van der Waals surface area contributed by atoms with Gasteiger partial charge in [-0.15, -0.1) is 0 Å². The highest BCUT2D eigenvalue weighted by atomic mass is 35.6. The lowest BCUT2D eigenvalue weighted by atomic mass is 9.81. The van der Waals surface area contributed by atoms with Crippen LogP contribution in [0.4, 0.5) is 4.79 Å². The van der Waals surface area contributed by atoms with Crippen LogP contribution < -0.4 is 20.5 Å². The van der Waals surface area contributed by atoms with E-state index >= 15 is 0 Å². The van der Waals surface area contributed by atoms with E-state index in [-0.39, 0.29) is 23.7 Å². The molecule has 10 atom stereocenters. The fourth-order valence-electron chi connectivity index (χ4n) is 5.27. The molecule has 14 nitrogen and oxygen atoms in total. The molecular weight excluding hydrogens is 675 g/mol. The van der Waals surface area contributed by atoms with E-state index in [1.807, 2.05) is 20.8 Å². The van der Waals surface area contributed by atoms with E-state index < -0.39 is 77.4 Å². The largest absolute Gasteiger partial charge is 0.497 e. The van der Waals surface area contributed by atoms with Crippen LogP contribution in [-0.4, -0.2) is 90.6 Å². The van der Waals surface area contributed by atoms with Crippen LogP contribution in [0.3, 0.4) is 0 Å². The van der Waals surface area contributed by atoms with E-state index in [4.69, 9.17) is 78.4 Å². The van der Waals surface area contributed by atoms with E-state index in [1.54, 1.807) is 24.3 Å². The molecule has 0 bridgehead atoms. The second-order valence-electron chi connectivity index (χ2n) is 10.9. The first-order valence-electron chi connectivity index (χ1n) is 14.4. The highest BCUT2D eigenvalue weighted by molar-refractivity contribution is 6.67. The van der Waals surface area contributed by atoms with Crippen LogP contribution in [0.2, 0.25) is 0 Å². The van der Waals surface area contributed by atoms with Crippen LogP contribution in [0.5, 0.6) is 11.5 Å². The standard InChI is InChI=1S/C29H39Cl3N2O12/c1-7-19-13(2)14(3)20(34-28(38)40-12-29(30,31)32)26(44-19)46-24-22(42-16(5)36)21(41-15(4)35)23(25(33)37)45-27(24)43-18-10-8-17(39-6)9-11-18/h8-11,13-14,19-24,26-27H,7,12H2,1-6H3,(H2,33,37)(H,34,38)/t13-,14-,19?,20?,21+,22-,23?,24?,26-,27+/m0/s1. The molecular formula is C29H39Cl3N2O12. The maximum absolute atomic E-state index is 12.8. The Bertz CT molecular complexity index is 1220. The molecule has 0 radical (unpaired) electrons. The molecule has 0 saturated carbocycles. The van der Waals surface area contributed by atoms with Crippen LogP contribution in [0.1, 0.15) is 41.0 Å². The third kappa shape index (κ3) is 10.1. The van der Waals surface area contributed by atoms with Crippen LogP contribution >= 0.6 is 34.8 Å². The zero-order valence-electron chi connectivity index (χ0n) is 26.1. The van der Waals surface area contributed by atoms with Crippen molar-refractivity contribution in [3.05, 3.63) is 24.3 Å². The second kappa shape index (κ2) is 16.4. The Kier molecular flexibility index (Phi) is 13.4. The summed E-state index contributed by atoms with van der Waals surface area (Å²) in [6.45, 7) is 7.43. The van der Waals surface area contributed by atoms with Crippen LogP contribution in [0, 0.1) is 11.8 Å². The summed E-state index contributed by atoms with van der Waals surface area (Å²) in [7, 11) is 1.49. The van der Waals surface area contributed by atoms with Crippen molar-refractivity contribution in [3.8, 4) is 11.5 Å². The molecule has 2 heterocycles. The van der Waals surface area contributed by atoms with Gasteiger partial charge in [0, 0.05) is 13.8 Å². The molecule has 0 spiro atoms. The predicted octanol–water partition coefficient (Wildman–Crippen LogP) is 3.40. The monoisotopic (exact) mass is 712 g/mol. The first-order chi connectivity index (χ1) is 21.5. The van der Waals surface area contributed by atoms with Gasteiger partial charge < -0.3 is 48.9 Å². The topological polar surface area (TPSA) is 180 Å². The van der Waals surface area contributed by atoms with Gasteiger partial charge in [-0.2, -0.15) is 0 Å². The summed E-state index contributed by atoms with van der Waals surface area (Å²) < 4.78 is 44.2. The van der Waals surface area contributed by atoms with Gasteiger partial charge in [0.2, 0.25) is 10.1 Å². The zero-order valence-corrected chi connectivity index (χ0v) is 28.4. The summed E-state index contributed by atoms with van der Waals surface area (Å²) in [5.41, 5.74) is 5.63. The molecule has 2 aliphatic heterocycles. The number of alkyl carbamates (subject to hydrolysis) is 1. The number of esters is 2. The number of primary amides is 1. The van der Waals surface area contributed by atoms with Gasteiger partial charge in [0.1, 0.15) is 18.1 Å². The maximum Gasteiger partial charge on any atom is 0.407 e. The summed E-state index contributed by atoms with van der Waals surface area (Å²) >= 11 is 17.2. The van der Waals surface area contributed by atoms with Crippen molar-refractivity contribution in [3.63, 3.8) is 0 Å². The zero-order chi connectivity index (χ0) is 34.3. The molecule has 2 aliphatic rings. The van der Waals surface area contributed by atoms with Crippen molar-refractivity contribution >= 4 is 58.7 Å². The van der Waals surface area contributed by atoms with Crippen molar-refractivity contribution in [2.75, 3.05) is 13.7 Å². The van der Waals surface area contributed by atoms with Gasteiger partial charge >= 0.3 is 18.0 Å². The van der Waals surface area contributed by atoms with Gasteiger partial charge in [-0.1, -0.05) is 55.6 Å². The number of benzene rings is 1. The summed E-state index contributed by atoms with van der Waals surface area (Å²) in [4.78, 5) is 49.9. The first-order valence-corrected chi connectivity index (χ1v) is 15.6. The molecule has 2 fully saturated rings. The molecule has 3 rings (SSSR count). The quantitative estimate of drug-likeness (QED) is 0.194. The van der Waals surface area contributed by atoms with Gasteiger partial charge in [-0.3, -0.25) is 14.4 Å². The van der Waals surface area contributed by atoms with Gasteiger partial charge in [0.05, 0.1) is 19.3 Å². The smallest absolute Gasteiger partial charge is 0.407 e. The predicted molar refractivity (Wildman–Crippen MR) is 163 cm³/mol. The van der Waals surface area contributed by atoms with Crippen LogP contribution in [-0.2, 0) is 42.8 Å². The van der Waals surface area contributed by atoms with Gasteiger partial charge in [0.15, 0.2) is 30.7 Å². The number of rotatable bonds is 11. The second-order valence-corrected chi connectivity index (χ2v) is 13.4. The minimum Gasteiger partial charge on any atom is -0.497 e. The molecule has 1 aromatic rings. The number of alkyl halides is 3. The summed E-state index contributed by atoms with van der Waals surface area (Å²) in [6, 6.07) is 5.49. The Labute approximate surface area is 281 Å². The van der Waals surface area contributed by atoms with Crippen molar-refractivity contribution in [1.82, 2.24) is 5.32 Å². The lowest BCUT2D eigenvalue weighted by molar-refractivity contribution is -0.330. The van der Waals surface area contributed by atoms with E-state index in [9.17, 15) is 19.2 Å². The summed E-state index contributed by atoms with van der Waals surface area (Å²) in [6.07, 6.45) is -9.48. The number of hydrogen-bond donors (Lipinski definition) is 2. The molecule has 1 aromatic carbocycles. The highest BCUT2D eigenvalue weighted by Gasteiger charge is 2.56. The third-order valence-electron chi connectivity index (χ3n) is 7.62. The number of nitrogens with two attached hydrogens (primary N) is 1. The van der Waals surface area contributed by atoms with Crippen molar-refractivity contribution in [2.24, 2.45) is 17.6 Å². The number of amides is 2. The van der Waals surface area contributed by atoms with Crippen LogP contribution in [0.25, 0.3) is 0 Å². The normalized spacial score (nSPS) is 31.2. The molecule has 3 N–H and O–H groups in total. The van der Waals surface area contributed by atoms with E-state index in [0.717, 1.165) is 13.8 Å². The summed E-state index contributed by atoms with van der Waals surface area (Å²) in [5, 5.41) is 2.71. The van der Waals surface area contributed by atoms with Gasteiger partial charge in [-0.05, 0) is 42.5 Å². The fraction of sp³-hybridized carbons (Fsp3) is 0.655. The molecule has 2 amide bonds. The molecule has 0 aromatic heterocycles. The molecule has 0 aliphatic carbocycles. The Morgan fingerprint density at radius 1 is 0.891 bits per heavy atom. The van der Waals surface area contributed by atoms with E-state index in [2.05, 4.69) is 5.32 Å². The van der Waals surface area contributed by atoms with Crippen molar-refractivity contribution in [1.29, 1.82) is 0 Å². The van der Waals surface area contributed by atoms with E-state index in [0.29, 0.717) is 12.2 Å². The van der Waals surface area contributed by atoms with Gasteiger partial charge in [0.25, 0.3) is 5.91 Å². The Morgan fingerprint density at radius 2 is 1.48 bits per heavy atom. The van der Waals surface area contributed by atoms with Crippen molar-refractivity contribution < 1.29 is 57.1 Å². The lowest BCUT2D eigenvalue weighted by Gasteiger charge is -2.48. The molecule has 4 unspecified atom stereocenters. The number of nitrogens with one attached hydrogen (secondary N) is 1.